The summed E-state index contributed by atoms with van der Waals surface area (Å²) in [6.07, 6.45) is 0. The van der Waals surface area contributed by atoms with Gasteiger partial charge in [-0.15, -0.1) is 0 Å². The molecule has 1 aromatic heterocycles. The third-order valence-corrected chi connectivity index (χ3v) is 5.00. The van der Waals surface area contributed by atoms with Gasteiger partial charge in [0.05, 0.1) is 5.52 Å². The standard InChI is InChI=1S/C19H21FN4.4C2H6/c1-23(2)18-12-24(11-16(18)13-7-9-14(20)10-8-13)19-15-5-3-4-6-17(15)21-22-19;4*1-2/h3-10,16,18H,11-12H2,1-2H3,(H,21,22);4*1-2H3. The largest absolute Gasteiger partial charge is 0.352 e. The second-order valence-corrected chi connectivity index (χ2v) is 6.69. The molecule has 0 amide bonds. The van der Waals surface area contributed by atoms with Gasteiger partial charge >= 0.3 is 0 Å². The van der Waals surface area contributed by atoms with E-state index in [0.29, 0.717) is 12.0 Å². The predicted molar refractivity (Wildman–Crippen MR) is 140 cm³/mol. The van der Waals surface area contributed by atoms with Crippen LogP contribution in [0, 0.1) is 5.82 Å². The molecule has 0 spiro atoms. The molecule has 0 radical (unpaired) electrons. The van der Waals surface area contributed by atoms with E-state index < -0.39 is 0 Å². The minimum atomic E-state index is -0.187. The average molecular weight is 445 g/mol. The first kappa shape index (κ1) is 29.6. The number of hydrogen-bond acceptors (Lipinski definition) is 3. The van der Waals surface area contributed by atoms with Gasteiger partial charge in [0.25, 0.3) is 0 Å². The molecule has 2 atom stereocenters. The maximum Gasteiger partial charge on any atom is 0.158 e. The summed E-state index contributed by atoms with van der Waals surface area (Å²) in [5, 5.41) is 8.80. The normalized spacial score (nSPS) is 16.6. The molecule has 1 aliphatic heterocycles. The smallest absolute Gasteiger partial charge is 0.158 e. The Morgan fingerprint density at radius 2 is 1.41 bits per heavy atom. The molecule has 4 rings (SSSR count). The van der Waals surface area contributed by atoms with Gasteiger partial charge in [-0.25, -0.2) is 4.39 Å². The van der Waals surface area contributed by atoms with E-state index in [2.05, 4.69) is 40.2 Å². The fraction of sp³-hybridized carbons (Fsp3) is 0.519. The molecule has 1 saturated heterocycles. The maximum absolute atomic E-state index is 13.3. The molecule has 1 N–H and O–H groups in total. The number of hydrogen-bond donors (Lipinski definition) is 1. The summed E-state index contributed by atoms with van der Waals surface area (Å²) in [5.41, 5.74) is 2.23. The van der Waals surface area contributed by atoms with Gasteiger partial charge in [0.1, 0.15) is 5.82 Å². The second-order valence-electron chi connectivity index (χ2n) is 6.69. The summed E-state index contributed by atoms with van der Waals surface area (Å²) < 4.78 is 13.3. The van der Waals surface area contributed by atoms with Gasteiger partial charge in [-0.3, -0.25) is 5.10 Å². The number of nitrogens with zero attached hydrogens (tertiary/aromatic N) is 3. The van der Waals surface area contributed by atoms with Crippen LogP contribution in [-0.2, 0) is 0 Å². The first-order valence-electron chi connectivity index (χ1n) is 12.2. The molecule has 2 heterocycles. The van der Waals surface area contributed by atoms with Gasteiger partial charge in [0.15, 0.2) is 5.82 Å². The number of likely N-dealkylation sites (N-methyl/N-ethyl adjacent to an activating group) is 1. The molecular weight excluding hydrogens is 399 g/mol. The van der Waals surface area contributed by atoms with Gasteiger partial charge in [-0.1, -0.05) is 79.7 Å². The van der Waals surface area contributed by atoms with Gasteiger partial charge in [0, 0.05) is 30.4 Å². The number of fused-ring (bicyclic) bond motifs is 1. The summed E-state index contributed by atoms with van der Waals surface area (Å²) >= 11 is 0. The van der Waals surface area contributed by atoms with Crippen LogP contribution in [0.15, 0.2) is 48.5 Å². The Morgan fingerprint density at radius 3 is 1.97 bits per heavy atom. The molecule has 5 heteroatoms. The number of anilines is 1. The van der Waals surface area contributed by atoms with E-state index in [1.54, 1.807) is 12.1 Å². The Balaban J connectivity index is 0.00000109. The molecule has 0 bridgehead atoms. The lowest BCUT2D eigenvalue weighted by Crippen LogP contribution is -2.34. The fourth-order valence-corrected chi connectivity index (χ4v) is 3.71. The van der Waals surface area contributed by atoms with Gasteiger partial charge in [-0.2, -0.15) is 5.10 Å². The minimum absolute atomic E-state index is 0.187. The lowest BCUT2D eigenvalue weighted by Gasteiger charge is -2.25. The number of para-hydroxylation sites is 1. The van der Waals surface area contributed by atoms with Crippen LogP contribution in [0.2, 0.25) is 0 Å². The van der Waals surface area contributed by atoms with Crippen LogP contribution in [0.5, 0.6) is 0 Å². The number of halogens is 1. The highest BCUT2D eigenvalue weighted by molar-refractivity contribution is 5.90. The molecule has 0 aliphatic carbocycles. The van der Waals surface area contributed by atoms with E-state index in [0.717, 1.165) is 29.8 Å². The Morgan fingerprint density at radius 1 is 0.844 bits per heavy atom. The van der Waals surface area contributed by atoms with E-state index in [1.165, 1.54) is 5.56 Å². The van der Waals surface area contributed by atoms with Crippen LogP contribution in [-0.4, -0.2) is 48.3 Å². The van der Waals surface area contributed by atoms with E-state index in [4.69, 9.17) is 0 Å². The van der Waals surface area contributed by atoms with Crippen LogP contribution in [0.3, 0.4) is 0 Å². The fourth-order valence-electron chi connectivity index (χ4n) is 3.71. The highest BCUT2D eigenvalue weighted by Gasteiger charge is 2.36. The van der Waals surface area contributed by atoms with Crippen molar-refractivity contribution < 1.29 is 4.39 Å². The number of benzene rings is 2. The third kappa shape index (κ3) is 7.33. The number of aromatic nitrogens is 2. The molecule has 32 heavy (non-hydrogen) atoms. The zero-order valence-electron chi connectivity index (χ0n) is 21.9. The summed E-state index contributed by atoms with van der Waals surface area (Å²) in [6, 6.07) is 15.5. The molecule has 0 saturated carbocycles. The summed E-state index contributed by atoms with van der Waals surface area (Å²) in [4.78, 5) is 4.58. The average Bonchev–Trinajstić information content (AvgIpc) is 3.49. The van der Waals surface area contributed by atoms with Crippen LogP contribution >= 0.6 is 0 Å². The molecule has 1 aliphatic rings. The summed E-state index contributed by atoms with van der Waals surface area (Å²) in [7, 11) is 4.21. The minimum Gasteiger partial charge on any atom is -0.352 e. The quantitative estimate of drug-likeness (QED) is 0.459. The Hall–Kier alpha value is -2.40. The van der Waals surface area contributed by atoms with E-state index >= 15 is 0 Å². The van der Waals surface area contributed by atoms with Crippen LogP contribution < -0.4 is 4.90 Å². The van der Waals surface area contributed by atoms with Crippen molar-refractivity contribution in [2.75, 3.05) is 32.1 Å². The lowest BCUT2D eigenvalue weighted by atomic mass is 9.94. The van der Waals surface area contributed by atoms with Crippen molar-refractivity contribution in [1.82, 2.24) is 15.1 Å². The second kappa shape index (κ2) is 16.3. The van der Waals surface area contributed by atoms with Crippen LogP contribution in [0.25, 0.3) is 10.9 Å². The van der Waals surface area contributed by atoms with E-state index in [9.17, 15) is 4.39 Å². The van der Waals surface area contributed by atoms with Gasteiger partial charge < -0.3 is 9.80 Å². The SMILES string of the molecule is CC.CC.CC.CC.CN(C)C1CN(c2n[nH]c3ccccc23)CC1c1ccc(F)cc1. The predicted octanol–water partition coefficient (Wildman–Crippen LogP) is 7.34. The first-order chi connectivity index (χ1) is 15.6. The molecular formula is C27H45FN4. The van der Waals surface area contributed by atoms with Gasteiger partial charge in [0.2, 0.25) is 0 Å². The summed E-state index contributed by atoms with van der Waals surface area (Å²) in [5.74, 6) is 1.14. The van der Waals surface area contributed by atoms with Crippen molar-refractivity contribution >= 4 is 16.7 Å². The van der Waals surface area contributed by atoms with E-state index in [-0.39, 0.29) is 5.82 Å². The summed E-state index contributed by atoms with van der Waals surface area (Å²) in [6.45, 7) is 17.8. The number of nitrogens with one attached hydrogen (secondary N) is 1. The topological polar surface area (TPSA) is 35.2 Å². The Kier molecular flexibility index (Phi) is 15.0. The first-order valence-corrected chi connectivity index (χ1v) is 12.2. The van der Waals surface area contributed by atoms with Crippen molar-refractivity contribution in [3.63, 3.8) is 0 Å². The monoisotopic (exact) mass is 444 g/mol. The molecule has 3 aromatic rings. The van der Waals surface area contributed by atoms with E-state index in [1.807, 2.05) is 85.7 Å². The van der Waals surface area contributed by atoms with Crippen molar-refractivity contribution in [1.29, 1.82) is 0 Å². The highest BCUT2D eigenvalue weighted by Crippen LogP contribution is 2.35. The number of H-pyrrole nitrogens is 1. The maximum atomic E-state index is 13.3. The number of rotatable bonds is 3. The molecule has 180 valence electrons. The van der Waals surface area contributed by atoms with Crippen molar-refractivity contribution in [2.24, 2.45) is 0 Å². The van der Waals surface area contributed by atoms with Crippen molar-refractivity contribution in [2.45, 2.75) is 67.3 Å². The lowest BCUT2D eigenvalue weighted by molar-refractivity contribution is 0.292. The van der Waals surface area contributed by atoms with Crippen LogP contribution in [0.1, 0.15) is 66.9 Å². The molecule has 2 aromatic carbocycles. The van der Waals surface area contributed by atoms with Crippen LogP contribution in [0.4, 0.5) is 10.2 Å². The number of aromatic amines is 1. The van der Waals surface area contributed by atoms with Crippen molar-refractivity contribution in [3.05, 3.63) is 59.9 Å². The zero-order valence-corrected chi connectivity index (χ0v) is 21.9. The molecule has 1 fully saturated rings. The van der Waals surface area contributed by atoms with Gasteiger partial charge in [-0.05, 0) is 43.9 Å². The highest BCUT2D eigenvalue weighted by atomic mass is 19.1. The third-order valence-electron chi connectivity index (χ3n) is 5.00. The van der Waals surface area contributed by atoms with Crippen molar-refractivity contribution in [3.8, 4) is 0 Å². The zero-order chi connectivity index (χ0) is 24.7. The Bertz CT molecular complexity index is 842. The molecule has 4 nitrogen and oxygen atoms in total. The molecule has 2 unspecified atom stereocenters. The Labute approximate surface area is 195 Å².